The summed E-state index contributed by atoms with van der Waals surface area (Å²) in [6.45, 7) is 1.93. The number of ether oxygens (including phenoxy) is 1. The van der Waals surface area contributed by atoms with E-state index in [2.05, 4.69) is 10.6 Å². The van der Waals surface area contributed by atoms with Crippen LogP contribution in [0.15, 0.2) is 41.3 Å². The fourth-order valence-corrected chi connectivity index (χ4v) is 7.38. The summed E-state index contributed by atoms with van der Waals surface area (Å²) in [4.78, 5) is 52.4. The van der Waals surface area contributed by atoms with Gasteiger partial charge in [-0.2, -0.15) is 0 Å². The number of esters is 1. The first-order valence-electron chi connectivity index (χ1n) is 13.3. The zero-order chi connectivity index (χ0) is 27.9. The number of allylic oxidation sites excluding steroid dienone is 2. The number of aryl methyl sites for hydroxylation is 1. The van der Waals surface area contributed by atoms with E-state index < -0.39 is 29.0 Å². The largest absolute Gasteiger partial charge is 0.481 e. The van der Waals surface area contributed by atoms with Crippen molar-refractivity contribution < 1.29 is 29.0 Å². The molecule has 1 aromatic carbocycles. The number of thiophene rings is 1. The smallest absolute Gasteiger partial charge is 0.341 e. The summed E-state index contributed by atoms with van der Waals surface area (Å²) in [6.07, 6.45) is 9.82. The highest BCUT2D eigenvalue weighted by Crippen LogP contribution is 2.39. The van der Waals surface area contributed by atoms with Crippen LogP contribution in [-0.2, 0) is 32.0 Å². The lowest BCUT2D eigenvalue weighted by Crippen LogP contribution is -2.34. The third-order valence-electron chi connectivity index (χ3n) is 7.18. The normalized spacial score (nSPS) is 19.3. The summed E-state index contributed by atoms with van der Waals surface area (Å²) < 4.78 is 5.05. The molecule has 2 aliphatic rings. The highest BCUT2D eigenvalue weighted by atomic mass is 32.2. The Hall–Kier alpha value is -3.11. The Morgan fingerprint density at radius 3 is 2.54 bits per heavy atom. The van der Waals surface area contributed by atoms with Crippen molar-refractivity contribution in [2.45, 2.75) is 68.4 Å². The molecular weight excluding hydrogens is 536 g/mol. The van der Waals surface area contributed by atoms with E-state index in [0.717, 1.165) is 47.4 Å². The number of hydrogen-bond acceptors (Lipinski definition) is 7. The fraction of sp³-hybridized carbons (Fsp3) is 0.448. The number of benzene rings is 1. The number of fused-ring (bicyclic) bond motifs is 1. The van der Waals surface area contributed by atoms with Crippen LogP contribution >= 0.6 is 23.1 Å². The van der Waals surface area contributed by atoms with E-state index >= 15 is 0 Å². The Morgan fingerprint density at radius 1 is 1.08 bits per heavy atom. The van der Waals surface area contributed by atoms with Gasteiger partial charge in [-0.1, -0.05) is 31.6 Å². The number of carbonyl (C=O) groups is 4. The second-order valence-corrected chi connectivity index (χ2v) is 12.2. The maximum atomic E-state index is 13.4. The van der Waals surface area contributed by atoms with Crippen LogP contribution in [0, 0.1) is 11.8 Å². The monoisotopic (exact) mass is 570 g/mol. The van der Waals surface area contributed by atoms with Gasteiger partial charge < -0.3 is 20.5 Å². The Balaban J connectivity index is 1.46. The summed E-state index contributed by atoms with van der Waals surface area (Å²) in [6, 6.07) is 7.20. The van der Waals surface area contributed by atoms with Crippen LogP contribution in [0.4, 0.5) is 10.7 Å². The average molecular weight is 571 g/mol. The molecule has 4 rings (SSSR count). The summed E-state index contributed by atoms with van der Waals surface area (Å²) in [5.41, 5.74) is 2.03. The van der Waals surface area contributed by atoms with Gasteiger partial charge in [-0.05, 0) is 68.7 Å². The molecule has 0 aliphatic heterocycles. The number of rotatable bonds is 9. The fourth-order valence-electron chi connectivity index (χ4n) is 5.09. The van der Waals surface area contributed by atoms with Crippen molar-refractivity contribution >= 4 is 57.5 Å². The first-order valence-corrected chi connectivity index (χ1v) is 15.0. The average Bonchev–Trinajstić information content (AvgIpc) is 3.10. The third-order valence-corrected chi connectivity index (χ3v) is 9.74. The standard InChI is InChI=1S/C29H34N2O6S2/c1-3-22(26(33)31-27-24(29(36)37-2)21-14-5-4-6-15-23(21)39-27)38-18-11-9-10-17(16-18)30-25(32)19-12-7-8-13-20(19)28(34)35/h7-11,16,19-20,22H,3-6,12-15H2,1-2H3,(H,30,32)(H,31,33)(H,34,35). The highest BCUT2D eigenvalue weighted by molar-refractivity contribution is 8.00. The molecule has 39 heavy (non-hydrogen) atoms. The van der Waals surface area contributed by atoms with Crippen LogP contribution in [-0.4, -0.2) is 41.2 Å². The van der Waals surface area contributed by atoms with Gasteiger partial charge in [-0.15, -0.1) is 23.1 Å². The zero-order valence-corrected chi connectivity index (χ0v) is 23.8. The molecule has 3 atom stereocenters. The van der Waals surface area contributed by atoms with Gasteiger partial charge in [-0.3, -0.25) is 14.4 Å². The van der Waals surface area contributed by atoms with Gasteiger partial charge in [0, 0.05) is 15.5 Å². The van der Waals surface area contributed by atoms with Gasteiger partial charge in [0.05, 0.1) is 29.8 Å². The number of thioether (sulfide) groups is 1. The molecule has 0 spiro atoms. The summed E-state index contributed by atoms with van der Waals surface area (Å²) in [5.74, 6) is -3.31. The zero-order valence-electron chi connectivity index (χ0n) is 22.2. The summed E-state index contributed by atoms with van der Waals surface area (Å²) >= 11 is 2.85. The quantitative estimate of drug-likeness (QED) is 0.148. The van der Waals surface area contributed by atoms with E-state index in [9.17, 15) is 24.3 Å². The number of carboxylic acids is 1. The number of amides is 2. The lowest BCUT2D eigenvalue weighted by molar-refractivity contribution is -0.146. The van der Waals surface area contributed by atoms with Crippen molar-refractivity contribution in [2.75, 3.05) is 17.7 Å². The Kier molecular flexibility index (Phi) is 9.85. The lowest BCUT2D eigenvalue weighted by atomic mass is 9.82. The van der Waals surface area contributed by atoms with Gasteiger partial charge in [0.1, 0.15) is 5.00 Å². The minimum atomic E-state index is -0.974. The molecule has 1 heterocycles. The molecule has 2 aliphatic carbocycles. The minimum Gasteiger partial charge on any atom is -0.481 e. The Labute approximate surface area is 236 Å². The van der Waals surface area contributed by atoms with Crippen molar-refractivity contribution in [2.24, 2.45) is 11.8 Å². The Morgan fingerprint density at radius 2 is 1.82 bits per heavy atom. The molecule has 10 heteroatoms. The van der Waals surface area contributed by atoms with Crippen molar-refractivity contribution in [1.29, 1.82) is 0 Å². The van der Waals surface area contributed by atoms with E-state index in [1.807, 2.05) is 19.1 Å². The molecule has 0 bridgehead atoms. The van der Waals surface area contributed by atoms with Crippen LogP contribution in [0.25, 0.3) is 0 Å². The van der Waals surface area contributed by atoms with Gasteiger partial charge in [0.2, 0.25) is 11.8 Å². The maximum Gasteiger partial charge on any atom is 0.341 e. The van der Waals surface area contributed by atoms with Gasteiger partial charge in [0.25, 0.3) is 0 Å². The number of nitrogens with one attached hydrogen (secondary N) is 2. The van der Waals surface area contributed by atoms with E-state index in [0.29, 0.717) is 35.5 Å². The first kappa shape index (κ1) is 28.9. The van der Waals surface area contributed by atoms with Crippen LogP contribution in [0.1, 0.15) is 66.2 Å². The molecule has 1 aromatic heterocycles. The maximum absolute atomic E-state index is 13.4. The molecule has 0 radical (unpaired) electrons. The molecule has 3 unspecified atom stereocenters. The molecule has 8 nitrogen and oxygen atoms in total. The van der Waals surface area contributed by atoms with E-state index in [1.165, 1.54) is 30.2 Å². The van der Waals surface area contributed by atoms with Crippen LogP contribution in [0.3, 0.4) is 0 Å². The van der Waals surface area contributed by atoms with Crippen molar-refractivity contribution in [3.05, 3.63) is 52.4 Å². The van der Waals surface area contributed by atoms with Crippen LogP contribution in [0.5, 0.6) is 0 Å². The molecule has 208 valence electrons. The SMILES string of the molecule is CCC(Sc1cccc(NC(=O)C2CC=CCC2C(=O)O)c1)C(=O)Nc1sc2c(c1C(=O)OC)CCCCC2. The molecule has 0 fully saturated rings. The van der Waals surface area contributed by atoms with Crippen LogP contribution in [0.2, 0.25) is 0 Å². The number of methoxy groups -OCH3 is 1. The second kappa shape index (κ2) is 13.3. The Bertz CT molecular complexity index is 1270. The first-order chi connectivity index (χ1) is 18.8. The minimum absolute atomic E-state index is 0.197. The van der Waals surface area contributed by atoms with Gasteiger partial charge >= 0.3 is 11.9 Å². The van der Waals surface area contributed by atoms with Gasteiger partial charge in [0.15, 0.2) is 0 Å². The van der Waals surface area contributed by atoms with E-state index in [1.54, 1.807) is 24.3 Å². The number of carbonyl (C=O) groups excluding carboxylic acids is 3. The number of carboxylic acid groups (broad SMARTS) is 1. The van der Waals surface area contributed by atoms with Crippen molar-refractivity contribution in [1.82, 2.24) is 0 Å². The summed E-state index contributed by atoms with van der Waals surface area (Å²) in [5, 5.41) is 15.5. The predicted molar refractivity (Wildman–Crippen MR) is 154 cm³/mol. The van der Waals surface area contributed by atoms with Crippen molar-refractivity contribution in [3.8, 4) is 0 Å². The number of anilines is 2. The molecule has 0 saturated heterocycles. The molecule has 2 aromatic rings. The lowest BCUT2D eigenvalue weighted by Gasteiger charge is -2.24. The van der Waals surface area contributed by atoms with Gasteiger partial charge in [-0.25, -0.2) is 4.79 Å². The number of aliphatic carboxylic acids is 1. The second-order valence-electron chi connectivity index (χ2n) is 9.78. The van der Waals surface area contributed by atoms with E-state index in [-0.39, 0.29) is 11.8 Å². The van der Waals surface area contributed by atoms with E-state index in [4.69, 9.17) is 4.74 Å². The molecule has 2 amide bonds. The van der Waals surface area contributed by atoms with Crippen LogP contribution < -0.4 is 10.6 Å². The molecule has 0 saturated carbocycles. The summed E-state index contributed by atoms with van der Waals surface area (Å²) in [7, 11) is 1.36. The molecule has 3 N–H and O–H groups in total. The predicted octanol–water partition coefficient (Wildman–Crippen LogP) is 5.92. The number of hydrogen-bond donors (Lipinski definition) is 3. The topological polar surface area (TPSA) is 122 Å². The molecular formula is C29H34N2O6S2. The highest BCUT2D eigenvalue weighted by Gasteiger charge is 2.34. The third kappa shape index (κ3) is 6.91. The van der Waals surface area contributed by atoms with Crippen molar-refractivity contribution in [3.63, 3.8) is 0 Å².